The number of benzene rings is 1. The molecule has 0 saturated carbocycles. The molecule has 0 aliphatic heterocycles. The minimum Gasteiger partial charge on any atom is -0.0985 e. The molecular weight excluding hydrogens is 216 g/mol. The van der Waals surface area contributed by atoms with E-state index < -0.39 is 0 Å². The summed E-state index contributed by atoms with van der Waals surface area (Å²) in [5.41, 5.74) is 7.05. The van der Waals surface area contributed by atoms with E-state index in [0.29, 0.717) is 0 Å². The summed E-state index contributed by atoms with van der Waals surface area (Å²) in [6.07, 6.45) is 5.26. The molecule has 0 N–H and O–H groups in total. The SMILES string of the molecule is C=CC1=C(C)CC(c2ccc(C(C)(C)C)cc2)=C1. The molecule has 0 radical (unpaired) electrons. The molecule has 0 heterocycles. The predicted molar refractivity (Wildman–Crippen MR) is 80.6 cm³/mol. The molecule has 1 aliphatic carbocycles. The average molecular weight is 238 g/mol. The molecule has 0 atom stereocenters. The number of allylic oxidation sites excluding steroid dienone is 5. The summed E-state index contributed by atoms with van der Waals surface area (Å²) in [5, 5.41) is 0. The van der Waals surface area contributed by atoms with Crippen LogP contribution in [0.1, 0.15) is 45.2 Å². The lowest BCUT2D eigenvalue weighted by Crippen LogP contribution is -2.10. The standard InChI is InChI=1S/C18H22/c1-6-14-12-16(11-13(14)2)15-7-9-17(10-8-15)18(3,4)5/h6-10,12H,1,11H2,2-5H3. The molecule has 0 fully saturated rings. The van der Waals surface area contributed by atoms with Gasteiger partial charge in [-0.25, -0.2) is 0 Å². The summed E-state index contributed by atoms with van der Waals surface area (Å²) in [6.45, 7) is 12.8. The Hall–Kier alpha value is -1.56. The van der Waals surface area contributed by atoms with Gasteiger partial charge in [0.1, 0.15) is 0 Å². The first-order chi connectivity index (χ1) is 8.41. The molecule has 0 bridgehead atoms. The van der Waals surface area contributed by atoms with Gasteiger partial charge in [-0.2, -0.15) is 0 Å². The molecule has 18 heavy (non-hydrogen) atoms. The molecule has 1 aromatic carbocycles. The second-order valence-corrected chi connectivity index (χ2v) is 6.11. The van der Waals surface area contributed by atoms with Crippen molar-refractivity contribution in [2.45, 2.75) is 39.5 Å². The maximum atomic E-state index is 3.87. The average Bonchev–Trinajstić information content (AvgIpc) is 2.69. The summed E-state index contributed by atoms with van der Waals surface area (Å²) >= 11 is 0. The summed E-state index contributed by atoms with van der Waals surface area (Å²) in [7, 11) is 0. The van der Waals surface area contributed by atoms with Gasteiger partial charge in [-0.05, 0) is 41.0 Å². The van der Waals surface area contributed by atoms with E-state index in [1.54, 1.807) is 0 Å². The van der Waals surface area contributed by atoms with Crippen LogP contribution in [0.2, 0.25) is 0 Å². The van der Waals surface area contributed by atoms with Gasteiger partial charge in [-0.3, -0.25) is 0 Å². The molecular formula is C18H22. The monoisotopic (exact) mass is 238 g/mol. The van der Waals surface area contributed by atoms with Gasteiger partial charge in [0.15, 0.2) is 0 Å². The first-order valence-electron chi connectivity index (χ1n) is 6.55. The second kappa shape index (κ2) is 4.61. The van der Waals surface area contributed by atoms with Gasteiger partial charge in [-0.15, -0.1) is 0 Å². The Balaban J connectivity index is 2.26. The van der Waals surface area contributed by atoms with E-state index >= 15 is 0 Å². The van der Waals surface area contributed by atoms with E-state index in [-0.39, 0.29) is 5.41 Å². The van der Waals surface area contributed by atoms with Gasteiger partial charge in [0.2, 0.25) is 0 Å². The lowest BCUT2D eigenvalue weighted by Gasteiger charge is -2.19. The van der Waals surface area contributed by atoms with E-state index in [0.717, 1.165) is 6.42 Å². The van der Waals surface area contributed by atoms with Crippen molar-refractivity contribution in [2.75, 3.05) is 0 Å². The Morgan fingerprint density at radius 1 is 1.11 bits per heavy atom. The third kappa shape index (κ3) is 2.48. The molecule has 1 aliphatic rings. The lowest BCUT2D eigenvalue weighted by molar-refractivity contribution is 0.590. The van der Waals surface area contributed by atoms with Crippen LogP contribution in [-0.2, 0) is 5.41 Å². The maximum Gasteiger partial charge on any atom is -0.00547 e. The highest BCUT2D eigenvalue weighted by Gasteiger charge is 2.15. The zero-order valence-corrected chi connectivity index (χ0v) is 11.9. The minimum absolute atomic E-state index is 0.225. The Bertz CT molecular complexity index is 516. The van der Waals surface area contributed by atoms with Gasteiger partial charge in [0.25, 0.3) is 0 Å². The first kappa shape index (κ1) is 12.9. The normalized spacial score (nSPS) is 15.9. The first-order valence-corrected chi connectivity index (χ1v) is 6.55. The highest BCUT2D eigenvalue weighted by atomic mass is 14.2. The quantitative estimate of drug-likeness (QED) is 0.658. The van der Waals surface area contributed by atoms with Crippen molar-refractivity contribution >= 4 is 5.57 Å². The van der Waals surface area contributed by atoms with Crippen molar-refractivity contribution in [3.63, 3.8) is 0 Å². The lowest BCUT2D eigenvalue weighted by atomic mass is 9.86. The topological polar surface area (TPSA) is 0 Å². The number of rotatable bonds is 2. The molecule has 0 saturated heterocycles. The van der Waals surface area contributed by atoms with Crippen LogP contribution >= 0.6 is 0 Å². The smallest absolute Gasteiger partial charge is 0.00547 e. The van der Waals surface area contributed by atoms with E-state index in [9.17, 15) is 0 Å². The Kier molecular flexibility index (Phi) is 3.30. The summed E-state index contributed by atoms with van der Waals surface area (Å²) < 4.78 is 0. The fraction of sp³-hybridized carbons (Fsp3) is 0.333. The van der Waals surface area contributed by atoms with Crippen LogP contribution in [0, 0.1) is 0 Å². The molecule has 0 unspecified atom stereocenters. The van der Waals surface area contributed by atoms with Crippen molar-refractivity contribution in [1.82, 2.24) is 0 Å². The summed E-state index contributed by atoms with van der Waals surface area (Å²) in [5.74, 6) is 0. The van der Waals surface area contributed by atoms with Crippen LogP contribution in [0.4, 0.5) is 0 Å². The Morgan fingerprint density at radius 2 is 1.72 bits per heavy atom. The van der Waals surface area contributed by atoms with Gasteiger partial charge in [-0.1, -0.05) is 69.3 Å². The van der Waals surface area contributed by atoms with Crippen LogP contribution in [0.5, 0.6) is 0 Å². The Morgan fingerprint density at radius 3 is 2.17 bits per heavy atom. The molecule has 1 aromatic rings. The van der Waals surface area contributed by atoms with Crippen LogP contribution in [0.15, 0.2) is 54.1 Å². The van der Waals surface area contributed by atoms with Crippen molar-refractivity contribution in [3.05, 3.63) is 65.3 Å². The summed E-state index contributed by atoms with van der Waals surface area (Å²) in [4.78, 5) is 0. The van der Waals surface area contributed by atoms with Gasteiger partial charge < -0.3 is 0 Å². The molecule has 0 heteroatoms. The molecule has 0 nitrogen and oxygen atoms in total. The van der Waals surface area contributed by atoms with Crippen LogP contribution in [0.25, 0.3) is 5.57 Å². The Labute approximate surface area is 111 Å². The zero-order chi connectivity index (χ0) is 13.3. The zero-order valence-electron chi connectivity index (χ0n) is 11.9. The molecule has 0 spiro atoms. The van der Waals surface area contributed by atoms with E-state index in [1.165, 1.54) is 27.8 Å². The molecule has 94 valence electrons. The predicted octanol–water partition coefficient (Wildman–Crippen LogP) is 5.27. The minimum atomic E-state index is 0.225. The fourth-order valence-electron chi connectivity index (χ4n) is 2.35. The van der Waals surface area contributed by atoms with E-state index in [4.69, 9.17) is 0 Å². The van der Waals surface area contributed by atoms with Crippen molar-refractivity contribution in [1.29, 1.82) is 0 Å². The largest absolute Gasteiger partial charge is 0.0985 e. The molecule has 0 aromatic heterocycles. The summed E-state index contributed by atoms with van der Waals surface area (Å²) in [6, 6.07) is 8.98. The van der Waals surface area contributed by atoms with Crippen molar-refractivity contribution in [3.8, 4) is 0 Å². The van der Waals surface area contributed by atoms with Crippen molar-refractivity contribution < 1.29 is 0 Å². The molecule has 2 rings (SSSR count). The van der Waals surface area contributed by atoms with Crippen LogP contribution in [0.3, 0.4) is 0 Å². The van der Waals surface area contributed by atoms with E-state index in [2.05, 4.69) is 64.6 Å². The van der Waals surface area contributed by atoms with Gasteiger partial charge >= 0.3 is 0 Å². The highest BCUT2D eigenvalue weighted by molar-refractivity contribution is 5.75. The van der Waals surface area contributed by atoms with Gasteiger partial charge in [0.05, 0.1) is 0 Å². The highest BCUT2D eigenvalue weighted by Crippen LogP contribution is 2.33. The third-order valence-electron chi connectivity index (χ3n) is 3.62. The molecule has 0 amide bonds. The second-order valence-electron chi connectivity index (χ2n) is 6.11. The maximum absolute atomic E-state index is 3.87. The van der Waals surface area contributed by atoms with Gasteiger partial charge in [0, 0.05) is 0 Å². The fourth-order valence-corrected chi connectivity index (χ4v) is 2.35. The van der Waals surface area contributed by atoms with Crippen LogP contribution in [-0.4, -0.2) is 0 Å². The van der Waals surface area contributed by atoms with Crippen LogP contribution < -0.4 is 0 Å². The third-order valence-corrected chi connectivity index (χ3v) is 3.62. The number of hydrogen-bond acceptors (Lipinski definition) is 0. The van der Waals surface area contributed by atoms with E-state index in [1.807, 2.05) is 6.08 Å². The van der Waals surface area contributed by atoms with Crippen molar-refractivity contribution in [2.24, 2.45) is 0 Å². The number of hydrogen-bond donors (Lipinski definition) is 0.